The highest BCUT2D eigenvalue weighted by molar-refractivity contribution is 5.93. The van der Waals surface area contributed by atoms with Crippen molar-refractivity contribution in [3.05, 3.63) is 76.5 Å². The number of rotatable bonds is 4. The molecule has 0 aliphatic heterocycles. The molecule has 21 heavy (non-hydrogen) atoms. The van der Waals surface area contributed by atoms with Gasteiger partial charge in [-0.3, -0.25) is 15.0 Å². The van der Waals surface area contributed by atoms with Gasteiger partial charge in [0.25, 0.3) is 5.69 Å². The van der Waals surface area contributed by atoms with Crippen LogP contribution in [0, 0.1) is 10.1 Å². The Bertz CT molecular complexity index is 684. The maximum atomic E-state index is 11.5. The molecule has 0 spiro atoms. The number of hydrogen-bond donors (Lipinski definition) is 1. The van der Waals surface area contributed by atoms with E-state index in [1.165, 1.54) is 24.4 Å². The predicted octanol–water partition coefficient (Wildman–Crippen LogP) is 3.15. The van der Waals surface area contributed by atoms with Crippen LogP contribution < -0.4 is 10.6 Å². The van der Waals surface area contributed by atoms with Gasteiger partial charge >= 0.3 is 6.03 Å². The number of nitro groups is 1. The highest BCUT2D eigenvalue weighted by Gasteiger charge is 2.13. The van der Waals surface area contributed by atoms with E-state index in [-0.39, 0.29) is 5.69 Å². The van der Waals surface area contributed by atoms with Gasteiger partial charge in [-0.25, -0.2) is 4.79 Å². The van der Waals surface area contributed by atoms with Crippen molar-refractivity contribution in [3.8, 4) is 0 Å². The first kappa shape index (κ1) is 14.3. The highest BCUT2D eigenvalue weighted by Crippen LogP contribution is 2.21. The van der Waals surface area contributed by atoms with Crippen molar-refractivity contribution >= 4 is 23.5 Å². The van der Waals surface area contributed by atoms with Crippen molar-refractivity contribution in [2.75, 3.05) is 4.90 Å². The third-order valence-electron chi connectivity index (χ3n) is 2.77. The Morgan fingerprint density at radius 1 is 1.14 bits per heavy atom. The number of nitrogens with two attached hydrogens (primary N) is 1. The molecule has 0 bridgehead atoms. The monoisotopic (exact) mass is 283 g/mol. The molecule has 0 radical (unpaired) electrons. The molecule has 0 fully saturated rings. The van der Waals surface area contributed by atoms with Crippen LogP contribution in [0.2, 0.25) is 0 Å². The molecule has 0 heterocycles. The van der Waals surface area contributed by atoms with Gasteiger partial charge in [0.2, 0.25) is 0 Å². The van der Waals surface area contributed by atoms with Crippen molar-refractivity contribution in [2.24, 2.45) is 5.73 Å². The minimum absolute atomic E-state index is 0.105. The molecule has 6 nitrogen and oxygen atoms in total. The second kappa shape index (κ2) is 6.33. The number of non-ortho nitro benzene ring substituents is 1. The third-order valence-corrected chi connectivity index (χ3v) is 2.77. The number of hydrogen-bond acceptors (Lipinski definition) is 3. The molecule has 106 valence electrons. The quantitative estimate of drug-likeness (QED) is 0.690. The number of carbonyl (C=O) groups is 1. The molecular weight excluding hydrogens is 270 g/mol. The van der Waals surface area contributed by atoms with Crippen molar-refractivity contribution in [2.45, 2.75) is 0 Å². The van der Waals surface area contributed by atoms with Crippen LogP contribution in [0.15, 0.2) is 60.8 Å². The van der Waals surface area contributed by atoms with E-state index in [2.05, 4.69) is 0 Å². The summed E-state index contributed by atoms with van der Waals surface area (Å²) in [4.78, 5) is 22.9. The van der Waals surface area contributed by atoms with E-state index in [0.717, 1.165) is 10.5 Å². The van der Waals surface area contributed by atoms with Crippen LogP contribution in [-0.2, 0) is 0 Å². The molecule has 0 unspecified atom stereocenters. The van der Waals surface area contributed by atoms with E-state index in [0.29, 0.717) is 5.69 Å². The van der Waals surface area contributed by atoms with E-state index in [1.807, 2.05) is 30.3 Å². The first-order chi connectivity index (χ1) is 10.1. The number of urea groups is 1. The fraction of sp³-hybridized carbons (Fsp3) is 0. The molecular formula is C15H13N3O3. The minimum atomic E-state index is -0.720. The maximum absolute atomic E-state index is 11.5. The number of primary amides is 1. The van der Waals surface area contributed by atoms with E-state index < -0.39 is 11.0 Å². The normalized spacial score (nSPS) is 10.5. The van der Waals surface area contributed by atoms with E-state index in [4.69, 9.17) is 5.73 Å². The van der Waals surface area contributed by atoms with Gasteiger partial charge in [0.05, 0.1) is 10.6 Å². The van der Waals surface area contributed by atoms with Crippen LogP contribution in [-0.4, -0.2) is 11.0 Å². The van der Waals surface area contributed by atoms with Gasteiger partial charge in [0.15, 0.2) is 0 Å². The van der Waals surface area contributed by atoms with Crippen LogP contribution in [0.1, 0.15) is 5.56 Å². The van der Waals surface area contributed by atoms with E-state index >= 15 is 0 Å². The lowest BCUT2D eigenvalue weighted by molar-refractivity contribution is -0.384. The lowest BCUT2D eigenvalue weighted by atomic mass is 10.2. The van der Waals surface area contributed by atoms with Crippen LogP contribution in [0.4, 0.5) is 16.2 Å². The summed E-state index contributed by atoms with van der Waals surface area (Å²) in [5.41, 5.74) is 6.44. The summed E-state index contributed by atoms with van der Waals surface area (Å²) >= 11 is 0. The first-order valence-corrected chi connectivity index (χ1v) is 6.14. The number of nitro benzene ring substituents is 1. The largest absolute Gasteiger partial charge is 0.351 e. The molecule has 0 saturated heterocycles. The fourth-order valence-corrected chi connectivity index (χ4v) is 1.77. The topological polar surface area (TPSA) is 89.5 Å². The average molecular weight is 283 g/mol. The number of carbonyl (C=O) groups excluding carboxylic acids is 1. The highest BCUT2D eigenvalue weighted by atomic mass is 16.6. The zero-order chi connectivity index (χ0) is 15.2. The zero-order valence-corrected chi connectivity index (χ0v) is 11.0. The summed E-state index contributed by atoms with van der Waals surface area (Å²) in [5, 5.41) is 10.8. The van der Waals surface area contributed by atoms with Gasteiger partial charge in [0.1, 0.15) is 0 Å². The fourth-order valence-electron chi connectivity index (χ4n) is 1.77. The molecule has 6 heteroatoms. The van der Waals surface area contributed by atoms with Gasteiger partial charge in [-0.15, -0.1) is 0 Å². The molecule has 2 aromatic carbocycles. The summed E-state index contributed by atoms with van der Waals surface area (Å²) < 4.78 is 0. The minimum Gasteiger partial charge on any atom is -0.351 e. The third kappa shape index (κ3) is 3.66. The predicted molar refractivity (Wildman–Crippen MR) is 80.6 cm³/mol. The summed E-state index contributed by atoms with van der Waals surface area (Å²) in [6.45, 7) is 0. The summed E-state index contributed by atoms with van der Waals surface area (Å²) in [6.07, 6.45) is 3.18. The lowest BCUT2D eigenvalue weighted by Crippen LogP contribution is -2.30. The van der Waals surface area contributed by atoms with Gasteiger partial charge < -0.3 is 5.73 Å². The van der Waals surface area contributed by atoms with Gasteiger partial charge in [-0.1, -0.05) is 36.4 Å². The van der Waals surface area contributed by atoms with Crippen LogP contribution in [0.25, 0.3) is 6.08 Å². The number of amides is 2. The van der Waals surface area contributed by atoms with Crippen molar-refractivity contribution in [3.63, 3.8) is 0 Å². The Labute approximate surface area is 121 Å². The second-order valence-corrected chi connectivity index (χ2v) is 4.21. The molecule has 0 aliphatic carbocycles. The lowest BCUT2D eigenvalue weighted by Gasteiger charge is -2.15. The zero-order valence-electron chi connectivity index (χ0n) is 11.0. The number of nitrogens with zero attached hydrogens (tertiary/aromatic N) is 2. The SMILES string of the molecule is NC(=O)N(C=Cc1ccccc1)c1cccc([N+](=O)[O-])c1. The van der Waals surface area contributed by atoms with Gasteiger partial charge in [-0.05, 0) is 17.7 Å². The van der Waals surface area contributed by atoms with Crippen LogP contribution >= 0.6 is 0 Å². The van der Waals surface area contributed by atoms with Crippen LogP contribution in [0.3, 0.4) is 0 Å². The van der Waals surface area contributed by atoms with Crippen molar-refractivity contribution < 1.29 is 9.72 Å². The summed E-state index contributed by atoms with van der Waals surface area (Å²) in [7, 11) is 0. The van der Waals surface area contributed by atoms with Gasteiger partial charge in [0, 0.05) is 18.3 Å². The molecule has 0 aliphatic rings. The molecule has 0 saturated carbocycles. The molecule has 0 atom stereocenters. The molecule has 2 rings (SSSR count). The average Bonchev–Trinajstić information content (AvgIpc) is 2.48. The van der Waals surface area contributed by atoms with E-state index in [9.17, 15) is 14.9 Å². The Morgan fingerprint density at radius 2 is 1.86 bits per heavy atom. The smallest absolute Gasteiger partial charge is 0.323 e. The second-order valence-electron chi connectivity index (χ2n) is 4.21. The molecule has 2 N–H and O–H groups in total. The Morgan fingerprint density at radius 3 is 2.48 bits per heavy atom. The van der Waals surface area contributed by atoms with E-state index in [1.54, 1.807) is 12.1 Å². The summed E-state index contributed by atoms with van der Waals surface area (Å²) in [5.74, 6) is 0. The van der Waals surface area contributed by atoms with Crippen molar-refractivity contribution in [1.82, 2.24) is 0 Å². The Kier molecular flexibility index (Phi) is 4.30. The Balaban J connectivity index is 2.31. The van der Waals surface area contributed by atoms with Crippen LogP contribution in [0.5, 0.6) is 0 Å². The molecule has 2 amide bonds. The maximum Gasteiger partial charge on any atom is 0.323 e. The van der Waals surface area contributed by atoms with Gasteiger partial charge in [-0.2, -0.15) is 0 Å². The molecule has 2 aromatic rings. The summed E-state index contributed by atoms with van der Waals surface area (Å²) in [6, 6.07) is 14.3. The standard InChI is InChI=1S/C15H13N3O3/c16-15(19)17(10-9-12-5-2-1-3-6-12)13-7-4-8-14(11-13)18(20)21/h1-11H,(H2,16,19). The Hall–Kier alpha value is -3.15. The first-order valence-electron chi connectivity index (χ1n) is 6.14. The number of anilines is 1. The van der Waals surface area contributed by atoms with Crippen molar-refractivity contribution in [1.29, 1.82) is 0 Å². The molecule has 0 aromatic heterocycles. The number of benzene rings is 2.